The first-order valence-corrected chi connectivity index (χ1v) is 6.82. The normalized spacial score (nSPS) is 10.4. The fraction of sp³-hybridized carbons (Fsp3) is 0.533. The van der Waals surface area contributed by atoms with E-state index in [1.165, 1.54) is 6.92 Å². The van der Waals surface area contributed by atoms with Crippen molar-refractivity contribution in [1.29, 1.82) is 0 Å². The topological polar surface area (TPSA) is 53.5 Å². The molecular formula is C15H23N3O2. The second-order valence-corrected chi connectivity index (χ2v) is 5.16. The lowest BCUT2D eigenvalue weighted by atomic mass is 10.2. The molecule has 1 heterocycles. The third-order valence-electron chi connectivity index (χ3n) is 3.24. The van der Waals surface area contributed by atoms with Crippen LogP contribution in [0.5, 0.6) is 0 Å². The van der Waals surface area contributed by atoms with E-state index in [1.54, 1.807) is 29.2 Å². The predicted octanol–water partition coefficient (Wildman–Crippen LogP) is 1.34. The summed E-state index contributed by atoms with van der Waals surface area (Å²) in [6.45, 7) is 6.08. The summed E-state index contributed by atoms with van der Waals surface area (Å²) >= 11 is 0. The molecule has 0 spiro atoms. The van der Waals surface area contributed by atoms with Crippen LogP contribution in [0.4, 0.5) is 0 Å². The standard InChI is InChI=1S/C15H23N3O2/c1-12(2)18(13(3)19)11-15(20)17(4)10-7-14-5-8-16-9-6-14/h5-6,8-9,12H,7,10-11H2,1-4H3. The van der Waals surface area contributed by atoms with Crippen molar-refractivity contribution in [3.63, 3.8) is 0 Å². The zero-order valence-corrected chi connectivity index (χ0v) is 12.7. The van der Waals surface area contributed by atoms with Crippen molar-refractivity contribution < 1.29 is 9.59 Å². The summed E-state index contributed by atoms with van der Waals surface area (Å²) in [5.41, 5.74) is 1.15. The molecule has 0 aromatic carbocycles. The molecule has 110 valence electrons. The molecule has 20 heavy (non-hydrogen) atoms. The fourth-order valence-corrected chi connectivity index (χ4v) is 1.89. The van der Waals surface area contributed by atoms with Crippen LogP contribution in [-0.4, -0.2) is 52.8 Å². The molecule has 0 atom stereocenters. The number of likely N-dealkylation sites (N-methyl/N-ethyl adjacent to an activating group) is 1. The number of hydrogen-bond donors (Lipinski definition) is 0. The van der Waals surface area contributed by atoms with Crippen molar-refractivity contribution >= 4 is 11.8 Å². The van der Waals surface area contributed by atoms with Crippen molar-refractivity contribution in [2.45, 2.75) is 33.2 Å². The Balaban J connectivity index is 2.48. The maximum atomic E-state index is 12.1. The Morgan fingerprint density at radius 3 is 2.35 bits per heavy atom. The van der Waals surface area contributed by atoms with E-state index in [0.29, 0.717) is 6.54 Å². The summed E-state index contributed by atoms with van der Waals surface area (Å²) in [6.07, 6.45) is 4.27. The number of amides is 2. The van der Waals surface area contributed by atoms with Gasteiger partial charge in [0.05, 0.1) is 6.54 Å². The van der Waals surface area contributed by atoms with Crippen LogP contribution >= 0.6 is 0 Å². The minimum absolute atomic E-state index is 0.0325. The zero-order valence-electron chi connectivity index (χ0n) is 12.7. The van der Waals surface area contributed by atoms with Gasteiger partial charge in [-0.2, -0.15) is 0 Å². The van der Waals surface area contributed by atoms with Crippen molar-refractivity contribution in [1.82, 2.24) is 14.8 Å². The first-order valence-electron chi connectivity index (χ1n) is 6.82. The quantitative estimate of drug-likeness (QED) is 0.788. The van der Waals surface area contributed by atoms with E-state index >= 15 is 0 Å². The maximum Gasteiger partial charge on any atom is 0.241 e. The summed E-state index contributed by atoms with van der Waals surface area (Å²) in [5.74, 6) is -0.112. The minimum atomic E-state index is -0.0733. The van der Waals surface area contributed by atoms with Gasteiger partial charge in [-0.25, -0.2) is 0 Å². The van der Waals surface area contributed by atoms with Crippen molar-refractivity contribution in [3.05, 3.63) is 30.1 Å². The first kappa shape index (κ1) is 16.1. The summed E-state index contributed by atoms with van der Waals surface area (Å²) in [5, 5.41) is 0. The molecule has 5 heteroatoms. The first-order chi connectivity index (χ1) is 9.41. The summed E-state index contributed by atoms with van der Waals surface area (Å²) < 4.78 is 0. The van der Waals surface area contributed by atoms with E-state index in [0.717, 1.165) is 12.0 Å². The maximum absolute atomic E-state index is 12.1. The molecule has 0 unspecified atom stereocenters. The van der Waals surface area contributed by atoms with Crippen LogP contribution in [0.25, 0.3) is 0 Å². The summed E-state index contributed by atoms with van der Waals surface area (Å²) in [7, 11) is 1.77. The number of aromatic nitrogens is 1. The third-order valence-corrected chi connectivity index (χ3v) is 3.24. The number of rotatable bonds is 6. The van der Waals surface area contributed by atoms with Gasteiger partial charge in [-0.15, -0.1) is 0 Å². The van der Waals surface area contributed by atoms with Gasteiger partial charge in [0.1, 0.15) is 0 Å². The van der Waals surface area contributed by atoms with Gasteiger partial charge < -0.3 is 9.80 Å². The monoisotopic (exact) mass is 277 g/mol. The second kappa shape index (κ2) is 7.62. The number of nitrogens with zero attached hydrogens (tertiary/aromatic N) is 3. The lowest BCUT2D eigenvalue weighted by molar-refractivity contribution is -0.140. The minimum Gasteiger partial charge on any atom is -0.344 e. The van der Waals surface area contributed by atoms with E-state index in [9.17, 15) is 9.59 Å². The highest BCUT2D eigenvalue weighted by molar-refractivity contribution is 5.83. The molecule has 0 aliphatic rings. The molecule has 0 N–H and O–H groups in total. The summed E-state index contributed by atoms with van der Waals surface area (Å²) in [4.78, 5) is 30.8. The van der Waals surface area contributed by atoms with Crippen LogP contribution in [-0.2, 0) is 16.0 Å². The fourth-order valence-electron chi connectivity index (χ4n) is 1.89. The van der Waals surface area contributed by atoms with Crippen LogP contribution in [0, 0.1) is 0 Å². The van der Waals surface area contributed by atoms with Gasteiger partial charge in [0.25, 0.3) is 0 Å². The highest BCUT2D eigenvalue weighted by Gasteiger charge is 2.18. The van der Waals surface area contributed by atoms with E-state index in [1.807, 2.05) is 26.0 Å². The molecular weight excluding hydrogens is 254 g/mol. The zero-order chi connectivity index (χ0) is 15.1. The van der Waals surface area contributed by atoms with Gasteiger partial charge in [0.15, 0.2) is 0 Å². The van der Waals surface area contributed by atoms with Gasteiger partial charge in [0.2, 0.25) is 11.8 Å². The number of pyridine rings is 1. The van der Waals surface area contributed by atoms with Crippen molar-refractivity contribution in [2.24, 2.45) is 0 Å². The molecule has 0 aliphatic carbocycles. The molecule has 1 aromatic heterocycles. The molecule has 0 radical (unpaired) electrons. The smallest absolute Gasteiger partial charge is 0.241 e. The van der Waals surface area contributed by atoms with Crippen LogP contribution in [0.15, 0.2) is 24.5 Å². The molecule has 1 aromatic rings. The predicted molar refractivity (Wildman–Crippen MR) is 78.1 cm³/mol. The molecule has 5 nitrogen and oxygen atoms in total. The number of carbonyl (C=O) groups excluding carboxylic acids is 2. The van der Waals surface area contributed by atoms with Gasteiger partial charge in [-0.1, -0.05) is 0 Å². The van der Waals surface area contributed by atoms with Gasteiger partial charge in [-0.3, -0.25) is 14.6 Å². The SMILES string of the molecule is CC(=O)N(CC(=O)N(C)CCc1ccncc1)C(C)C. The average molecular weight is 277 g/mol. The van der Waals surface area contributed by atoms with Crippen LogP contribution in [0.3, 0.4) is 0 Å². The molecule has 2 amide bonds. The van der Waals surface area contributed by atoms with E-state index < -0.39 is 0 Å². The van der Waals surface area contributed by atoms with Gasteiger partial charge in [-0.05, 0) is 38.0 Å². The lowest BCUT2D eigenvalue weighted by Gasteiger charge is -2.27. The molecule has 0 saturated carbocycles. The second-order valence-electron chi connectivity index (χ2n) is 5.16. The Morgan fingerprint density at radius 2 is 1.85 bits per heavy atom. The van der Waals surface area contributed by atoms with Crippen molar-refractivity contribution in [3.8, 4) is 0 Å². The Hall–Kier alpha value is -1.91. The van der Waals surface area contributed by atoms with E-state index in [4.69, 9.17) is 0 Å². The van der Waals surface area contributed by atoms with E-state index in [-0.39, 0.29) is 24.4 Å². The van der Waals surface area contributed by atoms with Gasteiger partial charge >= 0.3 is 0 Å². The van der Waals surface area contributed by atoms with Crippen LogP contribution in [0.2, 0.25) is 0 Å². The van der Waals surface area contributed by atoms with Crippen LogP contribution in [0.1, 0.15) is 26.3 Å². The Bertz CT molecular complexity index is 446. The largest absolute Gasteiger partial charge is 0.344 e. The molecule has 0 fully saturated rings. The Kier molecular flexibility index (Phi) is 6.15. The average Bonchev–Trinajstić information content (AvgIpc) is 2.42. The Labute approximate surface area is 120 Å². The number of carbonyl (C=O) groups is 2. The molecule has 0 aliphatic heterocycles. The van der Waals surface area contributed by atoms with Gasteiger partial charge in [0, 0.05) is 39.0 Å². The highest BCUT2D eigenvalue weighted by atomic mass is 16.2. The molecule has 0 bridgehead atoms. The lowest BCUT2D eigenvalue weighted by Crippen LogP contribution is -2.44. The Morgan fingerprint density at radius 1 is 1.25 bits per heavy atom. The van der Waals surface area contributed by atoms with Crippen molar-refractivity contribution in [2.75, 3.05) is 20.1 Å². The highest BCUT2D eigenvalue weighted by Crippen LogP contribution is 2.02. The summed E-state index contributed by atoms with van der Waals surface area (Å²) in [6, 6.07) is 3.91. The van der Waals surface area contributed by atoms with Crippen LogP contribution < -0.4 is 0 Å². The van der Waals surface area contributed by atoms with E-state index in [2.05, 4.69) is 4.98 Å². The molecule has 0 saturated heterocycles. The number of hydrogen-bond acceptors (Lipinski definition) is 3. The third kappa shape index (κ3) is 4.99. The molecule has 1 rings (SSSR count).